The molecule has 0 aromatic carbocycles. The van der Waals surface area contributed by atoms with E-state index in [1.165, 1.54) is 45.4 Å². The van der Waals surface area contributed by atoms with E-state index in [9.17, 15) is 10.2 Å². The summed E-state index contributed by atoms with van der Waals surface area (Å²) in [6, 6.07) is 0. The fourth-order valence-electron chi connectivity index (χ4n) is 2.17. The molecule has 5 nitrogen and oxygen atoms in total. The Labute approximate surface area is 149 Å². The van der Waals surface area contributed by atoms with Gasteiger partial charge in [0, 0.05) is 19.8 Å². The van der Waals surface area contributed by atoms with Gasteiger partial charge in [0.2, 0.25) is 0 Å². The third-order valence-corrected chi connectivity index (χ3v) is 3.73. The largest absolute Gasteiger partial charge is 0.391 e. The van der Waals surface area contributed by atoms with Crippen molar-refractivity contribution < 1.29 is 24.8 Å². The van der Waals surface area contributed by atoms with E-state index in [0.717, 1.165) is 26.1 Å². The van der Waals surface area contributed by atoms with Gasteiger partial charge < -0.3 is 24.8 Å². The molecule has 0 aromatic rings. The SMILES string of the molecule is CCCCCCCCCCOCC(O)C(O)C(C)O.CCOCC. The normalized spacial score (nSPS) is 14.6. The van der Waals surface area contributed by atoms with Crippen LogP contribution < -0.4 is 0 Å². The molecule has 0 saturated heterocycles. The van der Waals surface area contributed by atoms with Crippen LogP contribution in [0.3, 0.4) is 0 Å². The molecule has 0 fully saturated rings. The average Bonchev–Trinajstić information content (AvgIpc) is 2.56. The second-order valence-corrected chi connectivity index (χ2v) is 6.13. The number of aliphatic hydroxyl groups excluding tert-OH is 3. The number of ether oxygens (including phenoxy) is 2. The predicted molar refractivity (Wildman–Crippen MR) is 99.3 cm³/mol. The van der Waals surface area contributed by atoms with E-state index in [4.69, 9.17) is 14.6 Å². The minimum absolute atomic E-state index is 0.0859. The molecule has 0 bridgehead atoms. The van der Waals surface area contributed by atoms with Gasteiger partial charge in [-0.1, -0.05) is 51.9 Å². The Morgan fingerprint density at radius 1 is 0.708 bits per heavy atom. The van der Waals surface area contributed by atoms with Crippen LogP contribution in [0.1, 0.15) is 79.1 Å². The molecule has 0 radical (unpaired) electrons. The van der Waals surface area contributed by atoms with Crippen LogP contribution in [0.4, 0.5) is 0 Å². The van der Waals surface area contributed by atoms with Gasteiger partial charge in [0.1, 0.15) is 12.2 Å². The first-order valence-electron chi connectivity index (χ1n) is 9.70. The highest BCUT2D eigenvalue weighted by molar-refractivity contribution is 4.71. The number of hydrogen-bond acceptors (Lipinski definition) is 5. The fourth-order valence-corrected chi connectivity index (χ4v) is 2.17. The first kappa shape index (κ1) is 26.0. The smallest absolute Gasteiger partial charge is 0.108 e. The molecule has 0 saturated carbocycles. The highest BCUT2D eigenvalue weighted by Crippen LogP contribution is 2.08. The third-order valence-electron chi connectivity index (χ3n) is 3.73. The molecule has 0 spiro atoms. The highest BCUT2D eigenvalue weighted by Gasteiger charge is 2.20. The Kier molecular flexibility index (Phi) is 22.6. The van der Waals surface area contributed by atoms with E-state index in [1.54, 1.807) is 0 Å². The zero-order chi connectivity index (χ0) is 18.6. The van der Waals surface area contributed by atoms with Crippen molar-refractivity contribution in [3.8, 4) is 0 Å². The van der Waals surface area contributed by atoms with Gasteiger partial charge in [0.15, 0.2) is 0 Å². The van der Waals surface area contributed by atoms with Gasteiger partial charge in [0.25, 0.3) is 0 Å². The summed E-state index contributed by atoms with van der Waals surface area (Å²) >= 11 is 0. The van der Waals surface area contributed by atoms with E-state index in [-0.39, 0.29) is 6.61 Å². The van der Waals surface area contributed by atoms with Crippen LogP contribution in [0.25, 0.3) is 0 Å². The second-order valence-electron chi connectivity index (χ2n) is 6.13. The van der Waals surface area contributed by atoms with Gasteiger partial charge in [-0.25, -0.2) is 0 Å². The summed E-state index contributed by atoms with van der Waals surface area (Å²) in [5.41, 5.74) is 0. The molecule has 0 amide bonds. The van der Waals surface area contributed by atoms with Crippen molar-refractivity contribution in [2.24, 2.45) is 0 Å². The van der Waals surface area contributed by atoms with Crippen molar-refractivity contribution >= 4 is 0 Å². The standard InChI is InChI=1S/C15H32O4.C4H10O/c1-3-4-5-6-7-8-9-10-11-19-12-14(17)15(18)13(2)16;1-3-5-4-2/h13-18H,3-12H2,1-2H3;3-4H2,1-2H3. The van der Waals surface area contributed by atoms with Crippen LogP contribution in [-0.4, -0.2) is 60.1 Å². The summed E-state index contributed by atoms with van der Waals surface area (Å²) in [5, 5.41) is 27.9. The lowest BCUT2D eigenvalue weighted by Crippen LogP contribution is -2.38. The first-order valence-corrected chi connectivity index (χ1v) is 9.70. The molecular weight excluding hydrogens is 308 g/mol. The maximum absolute atomic E-state index is 9.48. The molecule has 0 rings (SSSR count). The van der Waals surface area contributed by atoms with E-state index in [1.807, 2.05) is 13.8 Å². The van der Waals surface area contributed by atoms with E-state index >= 15 is 0 Å². The van der Waals surface area contributed by atoms with Crippen molar-refractivity contribution in [2.75, 3.05) is 26.4 Å². The van der Waals surface area contributed by atoms with Gasteiger partial charge >= 0.3 is 0 Å². The molecule has 0 aliphatic rings. The van der Waals surface area contributed by atoms with Gasteiger partial charge in [0.05, 0.1) is 12.7 Å². The maximum Gasteiger partial charge on any atom is 0.108 e. The van der Waals surface area contributed by atoms with E-state index in [2.05, 4.69) is 6.92 Å². The molecule has 3 unspecified atom stereocenters. The molecule has 148 valence electrons. The zero-order valence-corrected chi connectivity index (χ0v) is 16.4. The van der Waals surface area contributed by atoms with E-state index in [0.29, 0.717) is 6.61 Å². The minimum atomic E-state index is -1.13. The van der Waals surface area contributed by atoms with Gasteiger partial charge in [-0.3, -0.25) is 0 Å². The third kappa shape index (κ3) is 19.8. The molecule has 0 aromatic heterocycles. The van der Waals surface area contributed by atoms with Crippen molar-refractivity contribution in [2.45, 2.75) is 97.4 Å². The number of unbranched alkanes of at least 4 members (excludes halogenated alkanes) is 7. The van der Waals surface area contributed by atoms with Gasteiger partial charge in [-0.15, -0.1) is 0 Å². The molecule has 0 aliphatic carbocycles. The number of aliphatic hydroxyl groups is 3. The summed E-state index contributed by atoms with van der Waals surface area (Å²) < 4.78 is 10.1. The van der Waals surface area contributed by atoms with Crippen LogP contribution in [-0.2, 0) is 9.47 Å². The molecule has 24 heavy (non-hydrogen) atoms. The molecule has 3 atom stereocenters. The summed E-state index contributed by atoms with van der Waals surface area (Å²) in [4.78, 5) is 0. The highest BCUT2D eigenvalue weighted by atomic mass is 16.5. The average molecular weight is 351 g/mol. The van der Waals surface area contributed by atoms with Crippen LogP contribution >= 0.6 is 0 Å². The maximum atomic E-state index is 9.48. The summed E-state index contributed by atoms with van der Waals surface area (Å²) in [6.07, 6.45) is 6.92. The van der Waals surface area contributed by atoms with E-state index < -0.39 is 18.3 Å². The van der Waals surface area contributed by atoms with Crippen molar-refractivity contribution in [1.82, 2.24) is 0 Å². The molecule has 5 heteroatoms. The Morgan fingerprint density at radius 2 is 1.21 bits per heavy atom. The van der Waals surface area contributed by atoms with Crippen molar-refractivity contribution in [1.29, 1.82) is 0 Å². The van der Waals surface area contributed by atoms with Crippen molar-refractivity contribution in [3.05, 3.63) is 0 Å². The topological polar surface area (TPSA) is 79.2 Å². The lowest BCUT2D eigenvalue weighted by molar-refractivity contribution is -0.0827. The monoisotopic (exact) mass is 350 g/mol. The zero-order valence-electron chi connectivity index (χ0n) is 16.4. The second kappa shape index (κ2) is 20.8. The first-order chi connectivity index (χ1) is 11.5. The molecule has 3 N–H and O–H groups in total. The molecule has 0 heterocycles. The molecular formula is C19H42O5. The summed E-state index contributed by atoms with van der Waals surface area (Å²) in [5.74, 6) is 0. The van der Waals surface area contributed by atoms with Crippen LogP contribution in [0, 0.1) is 0 Å². The lowest BCUT2D eigenvalue weighted by Gasteiger charge is -2.19. The number of hydrogen-bond donors (Lipinski definition) is 3. The summed E-state index contributed by atoms with van der Waals surface area (Å²) in [6.45, 7) is 10.0. The van der Waals surface area contributed by atoms with Crippen molar-refractivity contribution in [3.63, 3.8) is 0 Å². The Morgan fingerprint density at radius 3 is 1.62 bits per heavy atom. The van der Waals surface area contributed by atoms with Crippen LogP contribution in [0.5, 0.6) is 0 Å². The Bertz CT molecular complexity index is 222. The quantitative estimate of drug-likeness (QED) is 0.395. The summed E-state index contributed by atoms with van der Waals surface area (Å²) in [7, 11) is 0. The van der Waals surface area contributed by atoms with Gasteiger partial charge in [-0.05, 0) is 27.2 Å². The van der Waals surface area contributed by atoms with Crippen LogP contribution in [0.15, 0.2) is 0 Å². The lowest BCUT2D eigenvalue weighted by atomic mass is 10.1. The predicted octanol–water partition coefficient (Wildman–Crippen LogP) is 3.29. The Hall–Kier alpha value is -0.200. The fraction of sp³-hybridized carbons (Fsp3) is 1.00. The van der Waals surface area contributed by atoms with Gasteiger partial charge in [-0.2, -0.15) is 0 Å². The van der Waals surface area contributed by atoms with Crippen LogP contribution in [0.2, 0.25) is 0 Å². The minimum Gasteiger partial charge on any atom is -0.391 e. The number of rotatable bonds is 15. The molecule has 0 aliphatic heterocycles. The Balaban J connectivity index is 0.